The Bertz CT molecular complexity index is 472. The van der Waals surface area contributed by atoms with E-state index in [-0.39, 0.29) is 18.1 Å². The number of carbonyl (C=O) groups excluding carboxylic acids is 1. The summed E-state index contributed by atoms with van der Waals surface area (Å²) in [6.07, 6.45) is 5.20. The molecule has 0 N–H and O–H groups in total. The summed E-state index contributed by atoms with van der Waals surface area (Å²) in [5.41, 5.74) is 1.15. The highest BCUT2D eigenvalue weighted by Gasteiger charge is 2.37. The first-order chi connectivity index (χ1) is 9.34. The number of carbonyl (C=O) groups is 1. The number of rotatable bonds is 3. The molecule has 4 nitrogen and oxygen atoms in total. The van der Waals surface area contributed by atoms with Crippen molar-refractivity contribution in [3.63, 3.8) is 0 Å². The third-order valence-electron chi connectivity index (χ3n) is 3.49. The third kappa shape index (κ3) is 2.69. The van der Waals surface area contributed by atoms with Crippen molar-refractivity contribution < 1.29 is 14.4 Å². The Hall–Kier alpha value is -1.65. The molecule has 0 bridgehead atoms. The van der Waals surface area contributed by atoms with E-state index in [1.807, 2.05) is 42.5 Å². The lowest BCUT2D eigenvalue weighted by Crippen LogP contribution is -2.52. The number of fused-ring (bicyclic) bond motifs is 1. The average molecular weight is 259 g/mol. The standard InChI is InChI=1S/C15H17NO3/c17-15-9-8-14(13-7-4-10-19-16(13)15)18-11-12-5-2-1-3-6-12/h1-7,13-14H,8-11H2/t13-,14-/m1/s1. The first-order valence-corrected chi connectivity index (χ1v) is 6.62. The van der Waals surface area contributed by atoms with Gasteiger partial charge in [0.2, 0.25) is 5.91 Å². The molecule has 1 amide bonds. The highest BCUT2D eigenvalue weighted by molar-refractivity contribution is 5.76. The lowest BCUT2D eigenvalue weighted by Gasteiger charge is -2.39. The fraction of sp³-hybridized carbons (Fsp3) is 0.400. The lowest BCUT2D eigenvalue weighted by molar-refractivity contribution is -0.218. The van der Waals surface area contributed by atoms with Crippen LogP contribution in [0.5, 0.6) is 0 Å². The molecule has 1 aromatic carbocycles. The maximum Gasteiger partial charge on any atom is 0.246 e. The Kier molecular flexibility index (Phi) is 3.62. The van der Waals surface area contributed by atoms with Crippen molar-refractivity contribution in [1.29, 1.82) is 0 Å². The summed E-state index contributed by atoms with van der Waals surface area (Å²) in [7, 11) is 0. The quantitative estimate of drug-likeness (QED) is 0.780. The van der Waals surface area contributed by atoms with Crippen LogP contribution in [-0.2, 0) is 21.0 Å². The van der Waals surface area contributed by atoms with Gasteiger partial charge in [0.25, 0.3) is 0 Å². The number of hydrogen-bond donors (Lipinski definition) is 0. The second kappa shape index (κ2) is 5.55. The molecule has 4 heteroatoms. The third-order valence-corrected chi connectivity index (χ3v) is 3.49. The van der Waals surface area contributed by atoms with Gasteiger partial charge in [0.05, 0.1) is 19.3 Å². The van der Waals surface area contributed by atoms with Gasteiger partial charge in [-0.05, 0) is 12.0 Å². The van der Waals surface area contributed by atoms with E-state index in [1.54, 1.807) is 0 Å². The van der Waals surface area contributed by atoms with Crippen LogP contribution in [0.2, 0.25) is 0 Å². The van der Waals surface area contributed by atoms with Gasteiger partial charge in [0.15, 0.2) is 0 Å². The summed E-state index contributed by atoms with van der Waals surface area (Å²) in [4.78, 5) is 17.2. The Balaban J connectivity index is 1.65. The molecule has 2 heterocycles. The van der Waals surface area contributed by atoms with E-state index in [2.05, 4.69) is 0 Å². The average Bonchev–Trinajstić information content (AvgIpc) is 2.48. The number of nitrogens with zero attached hydrogens (tertiary/aromatic N) is 1. The van der Waals surface area contributed by atoms with Gasteiger partial charge in [-0.1, -0.05) is 42.5 Å². The van der Waals surface area contributed by atoms with Crippen molar-refractivity contribution in [3.8, 4) is 0 Å². The van der Waals surface area contributed by atoms with E-state index in [1.165, 1.54) is 5.06 Å². The van der Waals surface area contributed by atoms with Crippen LogP contribution in [0.1, 0.15) is 18.4 Å². The van der Waals surface area contributed by atoms with Crippen LogP contribution in [-0.4, -0.2) is 29.7 Å². The zero-order valence-corrected chi connectivity index (χ0v) is 10.7. The number of hydroxylamine groups is 2. The zero-order valence-electron chi connectivity index (χ0n) is 10.7. The molecule has 0 aliphatic carbocycles. The Morgan fingerprint density at radius 3 is 3.00 bits per heavy atom. The van der Waals surface area contributed by atoms with Gasteiger partial charge in [-0.15, -0.1) is 0 Å². The molecule has 1 aromatic rings. The maximum atomic E-state index is 11.8. The van der Waals surface area contributed by atoms with E-state index in [9.17, 15) is 4.79 Å². The number of benzene rings is 1. The van der Waals surface area contributed by atoms with E-state index in [0.29, 0.717) is 19.6 Å². The van der Waals surface area contributed by atoms with Crippen LogP contribution in [0.3, 0.4) is 0 Å². The zero-order chi connectivity index (χ0) is 13.1. The summed E-state index contributed by atoms with van der Waals surface area (Å²) in [5, 5.41) is 1.47. The molecule has 1 saturated heterocycles. The van der Waals surface area contributed by atoms with Crippen LogP contribution < -0.4 is 0 Å². The maximum absolute atomic E-state index is 11.8. The summed E-state index contributed by atoms with van der Waals surface area (Å²) >= 11 is 0. The fourth-order valence-corrected chi connectivity index (χ4v) is 2.50. The number of ether oxygens (including phenoxy) is 1. The number of amides is 1. The van der Waals surface area contributed by atoms with Crippen LogP contribution in [0.25, 0.3) is 0 Å². The Morgan fingerprint density at radius 2 is 2.16 bits per heavy atom. The van der Waals surface area contributed by atoms with E-state index < -0.39 is 0 Å². The second-order valence-corrected chi connectivity index (χ2v) is 4.81. The van der Waals surface area contributed by atoms with Gasteiger partial charge in [0, 0.05) is 6.42 Å². The van der Waals surface area contributed by atoms with Crippen molar-refractivity contribution in [2.24, 2.45) is 0 Å². The normalized spacial score (nSPS) is 26.3. The smallest absolute Gasteiger partial charge is 0.246 e. The summed E-state index contributed by atoms with van der Waals surface area (Å²) in [6, 6.07) is 9.98. The largest absolute Gasteiger partial charge is 0.371 e. The molecule has 0 radical (unpaired) electrons. The molecule has 0 aromatic heterocycles. The monoisotopic (exact) mass is 259 g/mol. The summed E-state index contributed by atoms with van der Waals surface area (Å²) < 4.78 is 5.96. The first kappa shape index (κ1) is 12.4. The molecule has 100 valence electrons. The second-order valence-electron chi connectivity index (χ2n) is 4.81. The van der Waals surface area contributed by atoms with E-state index in [0.717, 1.165) is 12.0 Å². The topological polar surface area (TPSA) is 38.8 Å². The van der Waals surface area contributed by atoms with Crippen molar-refractivity contribution in [2.45, 2.75) is 31.6 Å². The minimum Gasteiger partial charge on any atom is -0.371 e. The van der Waals surface area contributed by atoms with Crippen molar-refractivity contribution in [2.75, 3.05) is 6.61 Å². The number of piperidine rings is 1. The van der Waals surface area contributed by atoms with Gasteiger partial charge in [-0.3, -0.25) is 9.63 Å². The number of hydrogen-bond acceptors (Lipinski definition) is 3. The molecule has 1 fully saturated rings. The molecule has 19 heavy (non-hydrogen) atoms. The SMILES string of the molecule is O=C1CC[C@@H](OCc2ccccc2)[C@H]2C=CCON12. The van der Waals surface area contributed by atoms with Gasteiger partial charge in [-0.25, -0.2) is 5.06 Å². The van der Waals surface area contributed by atoms with Crippen molar-refractivity contribution in [1.82, 2.24) is 5.06 Å². The van der Waals surface area contributed by atoms with Crippen LogP contribution >= 0.6 is 0 Å². The minimum atomic E-state index is -0.0845. The van der Waals surface area contributed by atoms with Crippen LogP contribution in [0.15, 0.2) is 42.5 Å². The molecule has 0 spiro atoms. The minimum absolute atomic E-state index is 0.00876. The van der Waals surface area contributed by atoms with Gasteiger partial charge in [0.1, 0.15) is 6.04 Å². The van der Waals surface area contributed by atoms with Gasteiger partial charge < -0.3 is 4.74 Å². The summed E-state index contributed by atoms with van der Waals surface area (Å²) in [6.45, 7) is 1.03. The Morgan fingerprint density at radius 1 is 1.32 bits per heavy atom. The molecule has 3 rings (SSSR count). The van der Waals surface area contributed by atoms with Crippen molar-refractivity contribution in [3.05, 3.63) is 48.0 Å². The predicted octanol–water partition coefficient (Wildman–Crippen LogP) is 2.06. The first-order valence-electron chi connectivity index (χ1n) is 6.62. The summed E-state index contributed by atoms with van der Waals surface area (Å²) in [5.74, 6) is 0.0499. The molecule has 2 aliphatic rings. The highest BCUT2D eigenvalue weighted by atomic mass is 16.7. The highest BCUT2D eigenvalue weighted by Crippen LogP contribution is 2.25. The van der Waals surface area contributed by atoms with Gasteiger partial charge in [-0.2, -0.15) is 0 Å². The molecule has 2 atom stereocenters. The van der Waals surface area contributed by atoms with Crippen LogP contribution in [0.4, 0.5) is 0 Å². The predicted molar refractivity (Wildman–Crippen MR) is 70.0 cm³/mol. The fourth-order valence-electron chi connectivity index (χ4n) is 2.50. The molecular formula is C15H17NO3. The van der Waals surface area contributed by atoms with Crippen molar-refractivity contribution >= 4 is 5.91 Å². The lowest BCUT2D eigenvalue weighted by atomic mass is 9.99. The molecular weight excluding hydrogens is 242 g/mol. The molecule has 2 aliphatic heterocycles. The van der Waals surface area contributed by atoms with E-state index >= 15 is 0 Å². The van der Waals surface area contributed by atoms with Crippen LogP contribution in [0, 0.1) is 0 Å². The molecule has 0 saturated carbocycles. The molecule has 0 unspecified atom stereocenters. The van der Waals surface area contributed by atoms with Gasteiger partial charge >= 0.3 is 0 Å². The van der Waals surface area contributed by atoms with E-state index in [4.69, 9.17) is 9.57 Å². The Labute approximate surface area is 112 Å².